The van der Waals surface area contributed by atoms with Gasteiger partial charge in [-0.15, -0.1) is 0 Å². The van der Waals surface area contributed by atoms with E-state index in [4.69, 9.17) is 0 Å². The number of pyridine rings is 1. The topological polar surface area (TPSA) is 3.88 Å². The molecule has 5 rings (SSSR count). The number of hydrogen-bond acceptors (Lipinski definition) is 0. The van der Waals surface area contributed by atoms with Gasteiger partial charge >= 0.3 is 0 Å². The first-order valence-electron chi connectivity index (χ1n) is 11.3. The molecule has 0 amide bonds. The Morgan fingerprint density at radius 3 is 2.19 bits per heavy atom. The highest BCUT2D eigenvalue weighted by atomic mass is 14.9. The lowest BCUT2D eigenvalue weighted by molar-refractivity contribution is -0.660. The minimum atomic E-state index is 0.0237. The first-order valence-corrected chi connectivity index (χ1v) is 11.3. The number of rotatable bonds is 1. The molecule has 0 saturated carbocycles. The van der Waals surface area contributed by atoms with E-state index in [0.29, 0.717) is 0 Å². The summed E-state index contributed by atoms with van der Waals surface area (Å²) in [7, 11) is 2.14. The monoisotopic (exact) mass is 406 g/mol. The van der Waals surface area contributed by atoms with Crippen molar-refractivity contribution < 1.29 is 4.57 Å². The maximum absolute atomic E-state index is 2.46. The van der Waals surface area contributed by atoms with Gasteiger partial charge < -0.3 is 0 Å². The van der Waals surface area contributed by atoms with Crippen LogP contribution in [0, 0.1) is 13.8 Å². The Kier molecular flexibility index (Phi) is 4.21. The Morgan fingerprint density at radius 2 is 1.42 bits per heavy atom. The van der Waals surface area contributed by atoms with Gasteiger partial charge in [0.1, 0.15) is 7.05 Å². The third-order valence-corrected chi connectivity index (χ3v) is 8.05. The van der Waals surface area contributed by atoms with Crippen molar-refractivity contribution in [2.75, 3.05) is 0 Å². The van der Waals surface area contributed by atoms with Gasteiger partial charge in [0.25, 0.3) is 0 Å². The molecule has 0 radical (unpaired) electrons. The first kappa shape index (κ1) is 20.0. The van der Waals surface area contributed by atoms with E-state index in [0.717, 1.165) is 0 Å². The van der Waals surface area contributed by atoms with E-state index in [1.807, 2.05) is 0 Å². The molecule has 0 unspecified atom stereocenters. The summed E-state index contributed by atoms with van der Waals surface area (Å²) in [5.41, 5.74) is 11.0. The maximum atomic E-state index is 2.46. The minimum Gasteiger partial charge on any atom is -0.201 e. The SMILES string of the molecule is Cc1cc[n+](C)c(-c2cc3c(cc2C)C(C)(C)C(C)(C)c2ccc4ccccc4c2-3)c1. The molecule has 1 nitrogen and oxygen atoms in total. The summed E-state index contributed by atoms with van der Waals surface area (Å²) in [6.45, 7) is 14.1. The fourth-order valence-electron chi connectivity index (χ4n) is 5.41. The fraction of sp³-hybridized carbons (Fsp3) is 0.300. The zero-order chi connectivity index (χ0) is 22.1. The summed E-state index contributed by atoms with van der Waals surface area (Å²) in [5, 5.41) is 2.67. The van der Waals surface area contributed by atoms with Crippen molar-refractivity contribution in [1.82, 2.24) is 0 Å². The van der Waals surface area contributed by atoms with Gasteiger partial charge in [-0.2, -0.15) is 0 Å². The molecule has 0 spiro atoms. The molecule has 1 aliphatic carbocycles. The zero-order valence-electron chi connectivity index (χ0n) is 19.8. The molecular formula is C30H32N+. The molecule has 0 saturated heterocycles. The predicted molar refractivity (Wildman–Crippen MR) is 132 cm³/mol. The van der Waals surface area contributed by atoms with Crippen molar-refractivity contribution in [3.8, 4) is 22.4 Å². The van der Waals surface area contributed by atoms with Gasteiger partial charge in [-0.05, 0) is 74.9 Å². The maximum Gasteiger partial charge on any atom is 0.212 e. The van der Waals surface area contributed by atoms with Crippen LogP contribution in [0.25, 0.3) is 33.2 Å². The highest BCUT2D eigenvalue weighted by Gasteiger charge is 2.46. The smallest absolute Gasteiger partial charge is 0.201 e. The van der Waals surface area contributed by atoms with E-state index < -0.39 is 0 Å². The quantitative estimate of drug-likeness (QED) is 0.295. The van der Waals surface area contributed by atoms with E-state index in [2.05, 4.69) is 120 Å². The molecule has 0 fully saturated rings. The summed E-state index contributed by atoms with van der Waals surface area (Å²) in [4.78, 5) is 0. The molecule has 3 aromatic carbocycles. The van der Waals surface area contributed by atoms with Crippen LogP contribution in [-0.4, -0.2) is 0 Å². The molecule has 0 atom stereocenters. The van der Waals surface area contributed by atoms with Crippen LogP contribution in [0.15, 0.2) is 66.9 Å². The van der Waals surface area contributed by atoms with Crippen LogP contribution in [0.3, 0.4) is 0 Å². The van der Waals surface area contributed by atoms with Crippen LogP contribution < -0.4 is 4.57 Å². The molecule has 31 heavy (non-hydrogen) atoms. The van der Waals surface area contributed by atoms with Crippen molar-refractivity contribution in [3.63, 3.8) is 0 Å². The van der Waals surface area contributed by atoms with Gasteiger partial charge in [0.05, 0.1) is 0 Å². The lowest BCUT2D eigenvalue weighted by atomic mass is 9.54. The largest absolute Gasteiger partial charge is 0.212 e. The molecule has 0 N–H and O–H groups in total. The predicted octanol–water partition coefficient (Wildman–Crippen LogP) is 7.18. The molecular weight excluding hydrogens is 374 g/mol. The van der Waals surface area contributed by atoms with E-state index in [1.54, 1.807) is 0 Å². The third kappa shape index (κ3) is 2.72. The van der Waals surface area contributed by atoms with E-state index >= 15 is 0 Å². The van der Waals surface area contributed by atoms with Crippen LogP contribution in [0.1, 0.15) is 49.9 Å². The van der Waals surface area contributed by atoms with Crippen LogP contribution in [0.4, 0.5) is 0 Å². The molecule has 1 aromatic heterocycles. The van der Waals surface area contributed by atoms with Gasteiger partial charge in [-0.25, -0.2) is 4.57 Å². The molecule has 0 aliphatic heterocycles. The van der Waals surface area contributed by atoms with Gasteiger partial charge in [-0.3, -0.25) is 0 Å². The highest BCUT2D eigenvalue weighted by Crippen LogP contribution is 2.56. The van der Waals surface area contributed by atoms with Gasteiger partial charge in [0.2, 0.25) is 5.69 Å². The summed E-state index contributed by atoms with van der Waals surface area (Å²) < 4.78 is 2.24. The van der Waals surface area contributed by atoms with Gasteiger partial charge in [-0.1, -0.05) is 70.2 Å². The number of nitrogens with zero attached hydrogens (tertiary/aromatic N) is 1. The van der Waals surface area contributed by atoms with Crippen LogP contribution in [0.2, 0.25) is 0 Å². The van der Waals surface area contributed by atoms with E-state index in [9.17, 15) is 0 Å². The van der Waals surface area contributed by atoms with Gasteiger partial charge in [0.15, 0.2) is 6.20 Å². The number of aryl methyl sites for hydroxylation is 3. The van der Waals surface area contributed by atoms with Crippen molar-refractivity contribution in [2.24, 2.45) is 7.05 Å². The Balaban J connectivity index is 1.93. The fourth-order valence-corrected chi connectivity index (χ4v) is 5.41. The lowest BCUT2D eigenvalue weighted by Crippen LogP contribution is -2.43. The minimum absolute atomic E-state index is 0.0237. The normalized spacial score (nSPS) is 16.1. The Labute approximate surface area is 186 Å². The van der Waals surface area contributed by atoms with Crippen molar-refractivity contribution in [3.05, 3.63) is 89.1 Å². The van der Waals surface area contributed by atoms with Crippen molar-refractivity contribution in [2.45, 2.75) is 52.4 Å². The molecule has 4 aromatic rings. The summed E-state index contributed by atoms with van der Waals surface area (Å²) >= 11 is 0. The van der Waals surface area contributed by atoms with E-state index in [-0.39, 0.29) is 10.8 Å². The van der Waals surface area contributed by atoms with Crippen molar-refractivity contribution >= 4 is 10.8 Å². The van der Waals surface area contributed by atoms with Crippen LogP contribution in [-0.2, 0) is 17.9 Å². The molecule has 0 bridgehead atoms. The van der Waals surface area contributed by atoms with Crippen LogP contribution in [0.5, 0.6) is 0 Å². The summed E-state index contributed by atoms with van der Waals surface area (Å²) in [5.74, 6) is 0. The molecule has 156 valence electrons. The van der Waals surface area contributed by atoms with Crippen LogP contribution >= 0.6 is 0 Å². The second-order valence-electron chi connectivity index (χ2n) is 10.4. The number of hydrogen-bond donors (Lipinski definition) is 0. The Morgan fingerprint density at radius 1 is 0.710 bits per heavy atom. The second-order valence-corrected chi connectivity index (χ2v) is 10.4. The Bertz CT molecular complexity index is 1350. The number of benzene rings is 3. The molecule has 1 heteroatoms. The number of aromatic nitrogens is 1. The lowest BCUT2D eigenvalue weighted by Gasteiger charge is -2.49. The molecule has 1 aliphatic rings. The standard InChI is InChI=1S/C30H32N/c1-19-14-15-31(7)27(16-19)23-18-24-26(17-20(23)2)30(5,6)29(3,4)25-13-12-21-10-8-9-11-22(21)28(24)25/h8-18H,1-7H3/q+1. The van der Waals surface area contributed by atoms with Gasteiger partial charge in [0, 0.05) is 17.7 Å². The zero-order valence-corrected chi connectivity index (χ0v) is 19.8. The summed E-state index contributed by atoms with van der Waals surface area (Å²) in [6.07, 6.45) is 2.17. The number of fused-ring (bicyclic) bond motifs is 5. The third-order valence-electron chi connectivity index (χ3n) is 8.05. The van der Waals surface area contributed by atoms with E-state index in [1.165, 1.54) is 55.4 Å². The molecule has 1 heterocycles. The highest BCUT2D eigenvalue weighted by molar-refractivity contribution is 6.01. The Hall–Kier alpha value is -2.93. The average Bonchev–Trinajstić information content (AvgIpc) is 2.73. The summed E-state index contributed by atoms with van der Waals surface area (Å²) in [6, 6.07) is 22.9. The second kappa shape index (κ2) is 6.53. The van der Waals surface area contributed by atoms with Crippen molar-refractivity contribution in [1.29, 1.82) is 0 Å². The first-order chi connectivity index (χ1) is 14.6. The average molecular weight is 407 g/mol.